The normalized spacial score (nSPS) is 12.0. The van der Waals surface area contributed by atoms with Gasteiger partial charge in [-0.15, -0.1) is 0 Å². The third-order valence-corrected chi connectivity index (χ3v) is 1.13. The Morgan fingerprint density at radius 3 is 2.44 bits per heavy atom. The van der Waals surface area contributed by atoms with Crippen LogP contribution in [0, 0.1) is 0 Å². The number of hydrogen-bond acceptors (Lipinski definition) is 1. The summed E-state index contributed by atoms with van der Waals surface area (Å²) in [5.74, 6) is 0. The van der Waals surface area contributed by atoms with Crippen molar-refractivity contribution in [3.05, 3.63) is 0 Å². The van der Waals surface area contributed by atoms with Crippen molar-refractivity contribution in [3.8, 4) is 0 Å². The molecule has 0 bridgehead atoms. The molecular weight excluding hydrogens is 194 g/mol. The van der Waals surface area contributed by atoms with Gasteiger partial charge in [0, 0.05) is 13.0 Å². The van der Waals surface area contributed by atoms with Gasteiger partial charge >= 0.3 is 4.83 Å². The zero-order valence-corrected chi connectivity index (χ0v) is 6.75. The van der Waals surface area contributed by atoms with Crippen molar-refractivity contribution in [1.29, 1.82) is 0 Å². The van der Waals surface area contributed by atoms with E-state index in [0.717, 1.165) is 0 Å². The van der Waals surface area contributed by atoms with Crippen LogP contribution in [-0.4, -0.2) is 18.0 Å². The monoisotopic (exact) mass is 202 g/mol. The largest absolute Gasteiger partial charge is 0.381 e. The van der Waals surface area contributed by atoms with Gasteiger partial charge in [0.2, 0.25) is 0 Å². The van der Waals surface area contributed by atoms with E-state index in [2.05, 4.69) is 15.9 Å². The van der Waals surface area contributed by atoms with E-state index in [4.69, 9.17) is 4.74 Å². The molecule has 0 rings (SSSR count). The van der Waals surface area contributed by atoms with E-state index in [1.807, 2.05) is 0 Å². The number of rotatable bonds is 4. The molecule has 0 atom stereocenters. The lowest BCUT2D eigenvalue weighted by molar-refractivity contribution is 0.0524. The average molecular weight is 203 g/mol. The van der Waals surface area contributed by atoms with Gasteiger partial charge in [-0.2, -0.15) is 8.78 Å². The van der Waals surface area contributed by atoms with Crippen molar-refractivity contribution < 1.29 is 13.5 Å². The number of ether oxygens (including phenoxy) is 1. The molecule has 9 heavy (non-hydrogen) atoms. The first kappa shape index (κ1) is 9.30. The van der Waals surface area contributed by atoms with E-state index in [1.54, 1.807) is 6.92 Å². The second-order valence-corrected chi connectivity index (χ2v) is 2.72. The first-order valence-corrected chi connectivity index (χ1v) is 3.50. The standard InChI is InChI=1S/C5H9BrF2O/c1-2-9-4-3-5(6,7)8/h2-4H2,1H3. The van der Waals surface area contributed by atoms with Gasteiger partial charge in [-0.25, -0.2) is 0 Å². The van der Waals surface area contributed by atoms with E-state index < -0.39 is 4.83 Å². The van der Waals surface area contributed by atoms with Crippen molar-refractivity contribution in [2.24, 2.45) is 0 Å². The van der Waals surface area contributed by atoms with Crippen LogP contribution in [0.1, 0.15) is 13.3 Å². The first-order chi connectivity index (χ1) is 4.06. The van der Waals surface area contributed by atoms with Crippen LogP contribution in [-0.2, 0) is 4.74 Å². The highest BCUT2D eigenvalue weighted by Gasteiger charge is 2.22. The highest BCUT2D eigenvalue weighted by molar-refractivity contribution is 9.09. The zero-order chi connectivity index (χ0) is 7.33. The Hall–Kier alpha value is 0.300. The summed E-state index contributed by atoms with van der Waals surface area (Å²) < 4.78 is 28.5. The highest BCUT2D eigenvalue weighted by Crippen LogP contribution is 2.25. The molecule has 1 nitrogen and oxygen atoms in total. The van der Waals surface area contributed by atoms with Crippen molar-refractivity contribution in [2.75, 3.05) is 13.2 Å². The molecular formula is C5H9BrF2O. The third kappa shape index (κ3) is 8.30. The van der Waals surface area contributed by atoms with Crippen LogP contribution in [0.25, 0.3) is 0 Å². The Balaban J connectivity index is 3.07. The molecule has 56 valence electrons. The van der Waals surface area contributed by atoms with E-state index >= 15 is 0 Å². The Morgan fingerprint density at radius 1 is 1.56 bits per heavy atom. The van der Waals surface area contributed by atoms with Gasteiger partial charge in [0.05, 0.1) is 6.61 Å². The van der Waals surface area contributed by atoms with Gasteiger partial charge in [0.25, 0.3) is 0 Å². The van der Waals surface area contributed by atoms with Crippen LogP contribution in [0.3, 0.4) is 0 Å². The van der Waals surface area contributed by atoms with Crippen molar-refractivity contribution >= 4 is 15.9 Å². The van der Waals surface area contributed by atoms with Gasteiger partial charge in [-0.3, -0.25) is 0 Å². The molecule has 0 saturated carbocycles. The number of hydrogen-bond donors (Lipinski definition) is 0. The summed E-state index contributed by atoms with van der Waals surface area (Å²) in [4.78, 5) is -2.76. The minimum atomic E-state index is -2.76. The summed E-state index contributed by atoms with van der Waals surface area (Å²) in [6, 6.07) is 0. The van der Waals surface area contributed by atoms with Gasteiger partial charge < -0.3 is 4.74 Å². The minimum Gasteiger partial charge on any atom is -0.381 e. The Bertz CT molecular complexity index is 71.8. The molecule has 0 fully saturated rings. The van der Waals surface area contributed by atoms with Crippen LogP contribution in [0.15, 0.2) is 0 Å². The quantitative estimate of drug-likeness (QED) is 0.503. The maximum atomic E-state index is 11.9. The first-order valence-electron chi connectivity index (χ1n) is 2.70. The number of alkyl halides is 3. The molecule has 4 heteroatoms. The summed E-state index contributed by atoms with van der Waals surface area (Å²) in [6.45, 7) is 2.37. The molecule has 0 spiro atoms. The lowest BCUT2D eigenvalue weighted by Gasteiger charge is -2.06. The minimum absolute atomic E-state index is 0.106. The van der Waals surface area contributed by atoms with Crippen molar-refractivity contribution in [3.63, 3.8) is 0 Å². The van der Waals surface area contributed by atoms with Crippen LogP contribution in [0.5, 0.6) is 0 Å². The molecule has 0 aromatic carbocycles. The maximum Gasteiger partial charge on any atom is 0.303 e. The summed E-state index contributed by atoms with van der Waals surface area (Å²) in [5.41, 5.74) is 0. The Morgan fingerprint density at radius 2 is 2.11 bits per heavy atom. The summed E-state index contributed by atoms with van der Waals surface area (Å²) in [5, 5.41) is 0. The molecule has 0 aliphatic carbocycles. The van der Waals surface area contributed by atoms with E-state index in [0.29, 0.717) is 6.61 Å². The summed E-state index contributed by atoms with van der Waals surface area (Å²) in [7, 11) is 0. The fourth-order valence-electron chi connectivity index (χ4n) is 0.332. The maximum absolute atomic E-state index is 11.9. The van der Waals surface area contributed by atoms with Gasteiger partial charge in [-0.1, -0.05) is 0 Å². The molecule has 0 unspecified atom stereocenters. The zero-order valence-electron chi connectivity index (χ0n) is 5.16. The molecule has 0 aromatic heterocycles. The van der Waals surface area contributed by atoms with Gasteiger partial charge in [0.1, 0.15) is 0 Å². The fraction of sp³-hybridized carbons (Fsp3) is 1.00. The lowest BCUT2D eigenvalue weighted by atomic mass is 10.5. The van der Waals surface area contributed by atoms with Crippen LogP contribution in [0.4, 0.5) is 8.78 Å². The van der Waals surface area contributed by atoms with Crippen molar-refractivity contribution in [2.45, 2.75) is 18.2 Å². The summed E-state index contributed by atoms with van der Waals surface area (Å²) >= 11 is 2.20. The average Bonchev–Trinajstić information content (AvgIpc) is 1.63. The fourth-order valence-corrected chi connectivity index (χ4v) is 0.494. The molecule has 0 N–H and O–H groups in total. The second kappa shape index (κ2) is 4.17. The van der Waals surface area contributed by atoms with E-state index in [-0.39, 0.29) is 13.0 Å². The molecule has 0 radical (unpaired) electrons. The van der Waals surface area contributed by atoms with Gasteiger partial charge in [0.15, 0.2) is 0 Å². The van der Waals surface area contributed by atoms with Crippen LogP contribution < -0.4 is 0 Å². The SMILES string of the molecule is CCOCCC(F)(F)Br. The smallest absolute Gasteiger partial charge is 0.303 e. The topological polar surface area (TPSA) is 9.23 Å². The highest BCUT2D eigenvalue weighted by atomic mass is 79.9. The number of halogens is 3. The Kier molecular flexibility index (Phi) is 4.31. The van der Waals surface area contributed by atoms with E-state index in [9.17, 15) is 8.78 Å². The molecule has 0 aliphatic heterocycles. The predicted octanol–water partition coefficient (Wildman–Crippen LogP) is 2.40. The predicted molar refractivity (Wildman–Crippen MR) is 35.0 cm³/mol. The molecule has 0 aromatic rings. The van der Waals surface area contributed by atoms with Crippen molar-refractivity contribution in [1.82, 2.24) is 0 Å². The lowest BCUT2D eigenvalue weighted by Crippen LogP contribution is -2.09. The van der Waals surface area contributed by atoms with Crippen LogP contribution >= 0.6 is 15.9 Å². The molecule has 0 heterocycles. The molecule has 0 aliphatic rings. The van der Waals surface area contributed by atoms with Gasteiger partial charge in [-0.05, 0) is 22.9 Å². The summed E-state index contributed by atoms with van der Waals surface area (Å²) in [6.07, 6.45) is -0.263. The molecule has 0 amide bonds. The van der Waals surface area contributed by atoms with Crippen LogP contribution in [0.2, 0.25) is 0 Å². The van der Waals surface area contributed by atoms with E-state index in [1.165, 1.54) is 0 Å². The Labute approximate surface area is 61.5 Å². The molecule has 0 saturated heterocycles. The third-order valence-electron chi connectivity index (χ3n) is 0.734. The second-order valence-electron chi connectivity index (χ2n) is 1.56.